The molecule has 39 heavy (non-hydrogen) atoms. The summed E-state index contributed by atoms with van der Waals surface area (Å²) in [6.45, 7) is 0.634. The number of carbonyl (C=O) groups excluding carboxylic acids is 1. The van der Waals surface area contributed by atoms with E-state index in [9.17, 15) is 40.5 Å². The summed E-state index contributed by atoms with van der Waals surface area (Å²) in [6.07, 6.45) is -16.3. The Morgan fingerprint density at radius 2 is 1.67 bits per heavy atom. The molecule has 2 heterocycles. The first-order valence-electron chi connectivity index (χ1n) is 12.8. The zero-order chi connectivity index (χ0) is 29.2. The topological polar surface area (TPSA) is 298 Å². The van der Waals surface area contributed by atoms with Crippen LogP contribution in [0.25, 0.3) is 0 Å². The maximum atomic E-state index is 12.4. The molecule has 0 aromatic carbocycles. The number of aliphatic hydroxyl groups excluding tert-OH is 6. The molecule has 17 nitrogen and oxygen atoms in total. The summed E-state index contributed by atoms with van der Waals surface area (Å²) in [5.74, 6) is -0.857. The number of aliphatic hydroxyl groups is 7. The summed E-state index contributed by atoms with van der Waals surface area (Å²) in [7, 11) is 1.52. The molecular formula is C22H43N5O12. The molecule has 3 rings (SSSR count). The first-order chi connectivity index (χ1) is 18.3. The normalized spacial score (nSPS) is 47.9. The third kappa shape index (κ3) is 6.85. The van der Waals surface area contributed by atoms with Gasteiger partial charge in [0.15, 0.2) is 12.6 Å². The second-order valence-corrected chi connectivity index (χ2v) is 10.5. The van der Waals surface area contributed by atoms with Gasteiger partial charge in [-0.3, -0.25) is 4.79 Å². The SMILES string of the molecule is CN[C@@H]1[C@H](O)[C@H](O[C@H]2[C@H](O)[C@@H](O[C@@H]3O[C@H](CN)[C@H](O)[C@H](O)[C@@H]3O)[C@@H](N)C[C@H]2NC(=O)[C@H](O)CN)OC[C@]1(C)O. The van der Waals surface area contributed by atoms with Gasteiger partial charge in [-0.1, -0.05) is 0 Å². The van der Waals surface area contributed by atoms with Gasteiger partial charge in [-0.25, -0.2) is 0 Å². The van der Waals surface area contributed by atoms with E-state index in [1.54, 1.807) is 0 Å². The lowest BCUT2D eigenvalue weighted by molar-refractivity contribution is -0.330. The van der Waals surface area contributed by atoms with E-state index in [4.69, 9.17) is 36.1 Å². The van der Waals surface area contributed by atoms with E-state index in [-0.39, 0.29) is 26.1 Å². The molecule has 15 N–H and O–H groups in total. The maximum Gasteiger partial charge on any atom is 0.250 e. The van der Waals surface area contributed by atoms with Crippen molar-refractivity contribution >= 4 is 5.91 Å². The number of nitrogens with one attached hydrogen (secondary N) is 2. The molecule has 0 radical (unpaired) electrons. The van der Waals surface area contributed by atoms with E-state index in [2.05, 4.69) is 10.6 Å². The number of amides is 1. The minimum absolute atomic E-state index is 0.0836. The lowest BCUT2D eigenvalue weighted by Gasteiger charge is -2.49. The van der Waals surface area contributed by atoms with Crippen LogP contribution in [-0.2, 0) is 23.7 Å². The van der Waals surface area contributed by atoms with E-state index < -0.39 is 97.1 Å². The quantitative estimate of drug-likeness (QED) is 0.123. The highest BCUT2D eigenvalue weighted by Crippen LogP contribution is 2.32. The number of nitrogens with two attached hydrogens (primary N) is 3. The van der Waals surface area contributed by atoms with E-state index >= 15 is 0 Å². The fraction of sp³-hybridized carbons (Fsp3) is 0.955. The lowest BCUT2D eigenvalue weighted by atomic mass is 9.83. The van der Waals surface area contributed by atoms with Gasteiger partial charge in [0.1, 0.15) is 60.5 Å². The Bertz CT molecular complexity index is 811. The van der Waals surface area contributed by atoms with Crippen molar-refractivity contribution in [2.75, 3.05) is 26.7 Å². The number of ether oxygens (including phenoxy) is 4. The van der Waals surface area contributed by atoms with Crippen LogP contribution in [0.15, 0.2) is 0 Å². The van der Waals surface area contributed by atoms with Gasteiger partial charge in [0.2, 0.25) is 5.91 Å². The van der Waals surface area contributed by atoms with Crippen molar-refractivity contribution in [2.24, 2.45) is 17.2 Å². The van der Waals surface area contributed by atoms with Crippen molar-refractivity contribution in [3.05, 3.63) is 0 Å². The fourth-order valence-corrected chi connectivity index (χ4v) is 5.22. The van der Waals surface area contributed by atoms with Crippen molar-refractivity contribution < 1.29 is 59.5 Å². The van der Waals surface area contributed by atoms with Crippen molar-refractivity contribution in [1.29, 1.82) is 0 Å². The summed E-state index contributed by atoms with van der Waals surface area (Å²) >= 11 is 0. The maximum absolute atomic E-state index is 12.4. The molecular weight excluding hydrogens is 526 g/mol. The molecule has 15 atom stereocenters. The van der Waals surface area contributed by atoms with Crippen molar-refractivity contribution in [1.82, 2.24) is 10.6 Å². The van der Waals surface area contributed by atoms with E-state index in [1.807, 2.05) is 0 Å². The van der Waals surface area contributed by atoms with Gasteiger partial charge in [0.25, 0.3) is 0 Å². The molecule has 17 heteroatoms. The van der Waals surface area contributed by atoms with Crippen LogP contribution in [0.5, 0.6) is 0 Å². The van der Waals surface area contributed by atoms with Gasteiger partial charge in [0.05, 0.1) is 18.7 Å². The van der Waals surface area contributed by atoms with Crippen molar-refractivity contribution in [3.8, 4) is 0 Å². The second kappa shape index (κ2) is 13.2. The second-order valence-electron chi connectivity index (χ2n) is 10.5. The smallest absolute Gasteiger partial charge is 0.250 e. The Labute approximate surface area is 225 Å². The number of carbonyl (C=O) groups is 1. The predicted molar refractivity (Wildman–Crippen MR) is 130 cm³/mol. The van der Waals surface area contributed by atoms with Crippen molar-refractivity contribution in [2.45, 2.75) is 105 Å². The zero-order valence-corrected chi connectivity index (χ0v) is 21.8. The minimum Gasteiger partial charge on any atom is -0.388 e. The van der Waals surface area contributed by atoms with Gasteiger partial charge >= 0.3 is 0 Å². The molecule has 0 spiro atoms. The van der Waals surface area contributed by atoms with Crippen LogP contribution in [0.4, 0.5) is 0 Å². The van der Waals surface area contributed by atoms with Crippen molar-refractivity contribution in [3.63, 3.8) is 0 Å². The Morgan fingerprint density at radius 1 is 1.03 bits per heavy atom. The third-order valence-electron chi connectivity index (χ3n) is 7.50. The Morgan fingerprint density at radius 3 is 2.26 bits per heavy atom. The molecule has 3 fully saturated rings. The summed E-state index contributed by atoms with van der Waals surface area (Å²) in [6, 6.07) is -2.92. The molecule has 2 aliphatic heterocycles. The molecule has 1 saturated carbocycles. The lowest BCUT2D eigenvalue weighted by Crippen LogP contribution is -2.70. The summed E-state index contributed by atoms with van der Waals surface area (Å²) < 4.78 is 22.7. The average molecular weight is 570 g/mol. The molecule has 3 aliphatic rings. The standard InChI is InChI=1S/C22H43N5O12/c1-22(35)6-36-20(15(33)18(22)26-2)39-17-8(27-19(34)9(28)4-23)3-7(25)16(14(17)32)38-21-13(31)12(30)11(29)10(5-24)37-21/h7-18,20-21,26,28-33,35H,3-6,23-25H2,1-2H3,(H,27,34)/t7-,8+,9+,10+,11-,12-,13-,14+,15-,16-,17+,18+,20-,21-,22-/m0/s1. The van der Waals surface area contributed by atoms with E-state index in [0.29, 0.717) is 0 Å². The molecule has 0 bridgehead atoms. The van der Waals surface area contributed by atoms with Crippen LogP contribution in [-0.4, -0.2) is 160 Å². The van der Waals surface area contributed by atoms with Crippen LogP contribution in [0.3, 0.4) is 0 Å². The number of hydrogen-bond acceptors (Lipinski definition) is 16. The van der Waals surface area contributed by atoms with Gasteiger partial charge in [-0.15, -0.1) is 0 Å². The first-order valence-corrected chi connectivity index (χ1v) is 12.8. The van der Waals surface area contributed by atoms with Gasteiger partial charge < -0.3 is 82.5 Å². The van der Waals surface area contributed by atoms with Gasteiger partial charge in [-0.05, 0) is 20.4 Å². The van der Waals surface area contributed by atoms with Crippen LogP contribution < -0.4 is 27.8 Å². The van der Waals surface area contributed by atoms with Crippen LogP contribution in [0, 0.1) is 0 Å². The summed E-state index contributed by atoms with van der Waals surface area (Å²) in [4.78, 5) is 12.4. The van der Waals surface area contributed by atoms with Crippen LogP contribution in [0.1, 0.15) is 13.3 Å². The molecule has 0 unspecified atom stereocenters. The Balaban J connectivity index is 1.84. The molecule has 228 valence electrons. The highest BCUT2D eigenvalue weighted by Gasteiger charge is 2.53. The minimum atomic E-state index is -1.72. The fourth-order valence-electron chi connectivity index (χ4n) is 5.22. The zero-order valence-electron chi connectivity index (χ0n) is 21.8. The molecule has 1 amide bonds. The summed E-state index contributed by atoms with van der Waals surface area (Å²) in [5, 5.41) is 78.5. The van der Waals surface area contributed by atoms with Gasteiger partial charge in [0, 0.05) is 19.1 Å². The Hall–Kier alpha value is -1.13. The molecule has 0 aromatic rings. The molecule has 1 aliphatic carbocycles. The Kier molecular flexibility index (Phi) is 11.0. The molecule has 2 saturated heterocycles. The van der Waals surface area contributed by atoms with Crippen LogP contribution >= 0.6 is 0 Å². The highest BCUT2D eigenvalue weighted by atomic mass is 16.7. The highest BCUT2D eigenvalue weighted by molar-refractivity contribution is 5.81. The van der Waals surface area contributed by atoms with E-state index in [1.165, 1.54) is 14.0 Å². The van der Waals surface area contributed by atoms with E-state index in [0.717, 1.165) is 0 Å². The average Bonchev–Trinajstić information content (AvgIpc) is 2.89. The predicted octanol–water partition coefficient (Wildman–Crippen LogP) is -7.52. The number of hydrogen-bond donors (Lipinski definition) is 12. The number of rotatable bonds is 9. The largest absolute Gasteiger partial charge is 0.388 e. The summed E-state index contributed by atoms with van der Waals surface area (Å²) in [5.41, 5.74) is 15.8. The van der Waals surface area contributed by atoms with Gasteiger partial charge in [-0.2, -0.15) is 0 Å². The molecule has 0 aromatic heterocycles. The van der Waals surface area contributed by atoms with Crippen LogP contribution in [0.2, 0.25) is 0 Å². The third-order valence-corrected chi connectivity index (χ3v) is 7.50. The monoisotopic (exact) mass is 569 g/mol. The first kappa shape index (κ1) is 32.4. The number of likely N-dealkylation sites (N-methyl/N-ethyl adjacent to an activating group) is 1.